The number of hydrogen-bond acceptors (Lipinski definition) is 5. The molecule has 8 heteroatoms. The molecule has 0 unspecified atom stereocenters. The molecule has 0 fully saturated rings. The molecule has 1 aliphatic heterocycles. The molecule has 0 spiro atoms. The Balaban J connectivity index is 1.69. The van der Waals surface area contributed by atoms with Crippen LogP contribution in [-0.2, 0) is 22.6 Å². The summed E-state index contributed by atoms with van der Waals surface area (Å²) >= 11 is 0. The molecule has 2 aromatic rings. The molecule has 0 atom stereocenters. The number of hydrogen-bond donors (Lipinski definition) is 1. The van der Waals surface area contributed by atoms with E-state index in [-0.39, 0.29) is 17.4 Å². The molecule has 0 saturated heterocycles. The number of amides is 2. The fourth-order valence-electron chi connectivity index (χ4n) is 2.81. The molecule has 0 aromatic carbocycles. The van der Waals surface area contributed by atoms with Crippen molar-refractivity contribution < 1.29 is 14.0 Å². The molecular weight excluding hydrogens is 346 g/mol. The Labute approximate surface area is 156 Å². The van der Waals surface area contributed by atoms with Crippen LogP contribution in [0.3, 0.4) is 0 Å². The van der Waals surface area contributed by atoms with E-state index in [1.807, 2.05) is 19.9 Å². The maximum atomic E-state index is 12.1. The number of nitrogens with zero attached hydrogens (tertiary/aromatic N) is 4. The van der Waals surface area contributed by atoms with Crippen molar-refractivity contribution in [1.82, 2.24) is 15.1 Å². The van der Waals surface area contributed by atoms with Crippen LogP contribution in [0.2, 0.25) is 0 Å². The van der Waals surface area contributed by atoms with Crippen molar-refractivity contribution in [2.75, 3.05) is 0 Å². The van der Waals surface area contributed by atoms with Crippen LogP contribution >= 0.6 is 0 Å². The quantitative estimate of drug-likeness (QED) is 0.818. The highest BCUT2D eigenvalue weighted by Gasteiger charge is 2.22. The highest BCUT2D eigenvalue weighted by atomic mass is 16.3. The zero-order valence-electron chi connectivity index (χ0n) is 15.6. The molecule has 8 nitrogen and oxygen atoms in total. The van der Waals surface area contributed by atoms with E-state index >= 15 is 0 Å². The summed E-state index contributed by atoms with van der Waals surface area (Å²) < 4.78 is 6.73. The van der Waals surface area contributed by atoms with Crippen LogP contribution in [0.15, 0.2) is 44.9 Å². The van der Waals surface area contributed by atoms with Gasteiger partial charge < -0.3 is 9.73 Å². The first kappa shape index (κ1) is 18.5. The van der Waals surface area contributed by atoms with Crippen molar-refractivity contribution in [3.8, 4) is 0 Å². The van der Waals surface area contributed by atoms with Gasteiger partial charge in [0, 0.05) is 12.1 Å². The molecule has 0 saturated carbocycles. The Bertz CT molecular complexity index is 964. The highest BCUT2D eigenvalue weighted by molar-refractivity contribution is 6.27. The van der Waals surface area contributed by atoms with Crippen LogP contribution in [0, 0.1) is 13.8 Å². The number of aliphatic imine (C=N–C) groups is 2. The Morgan fingerprint density at radius 2 is 2.07 bits per heavy atom. The van der Waals surface area contributed by atoms with E-state index in [4.69, 9.17) is 4.42 Å². The van der Waals surface area contributed by atoms with E-state index in [9.17, 15) is 9.59 Å². The largest absolute Gasteiger partial charge is 0.467 e. The molecule has 1 N–H and O–H groups in total. The molecule has 3 heterocycles. The Hall–Kier alpha value is -3.29. The van der Waals surface area contributed by atoms with Gasteiger partial charge in [-0.05, 0) is 44.9 Å². The van der Waals surface area contributed by atoms with Gasteiger partial charge in [-0.2, -0.15) is 10.1 Å². The molecule has 2 aromatic heterocycles. The molecule has 0 radical (unpaired) electrons. The second-order valence-corrected chi connectivity index (χ2v) is 6.31. The fraction of sp³-hybridized carbons (Fsp3) is 0.316. The zero-order chi connectivity index (χ0) is 19.6. The third-order valence-electron chi connectivity index (χ3n) is 4.44. The predicted molar refractivity (Wildman–Crippen MR) is 101 cm³/mol. The number of rotatable bonds is 5. The highest BCUT2D eigenvalue weighted by Crippen LogP contribution is 2.17. The fourth-order valence-corrected chi connectivity index (χ4v) is 2.81. The van der Waals surface area contributed by atoms with Gasteiger partial charge in [0.1, 0.15) is 5.76 Å². The molecule has 140 valence electrons. The molecular formula is C19H21N5O3. The summed E-state index contributed by atoms with van der Waals surface area (Å²) in [6, 6.07) is 3.59. The normalized spacial score (nSPS) is 14.2. The van der Waals surface area contributed by atoms with Gasteiger partial charge in [0.05, 0.1) is 29.8 Å². The van der Waals surface area contributed by atoms with E-state index in [2.05, 4.69) is 27.0 Å². The van der Waals surface area contributed by atoms with Gasteiger partial charge in [-0.15, -0.1) is 0 Å². The van der Waals surface area contributed by atoms with E-state index < -0.39 is 5.91 Å². The lowest BCUT2D eigenvalue weighted by atomic mass is 10.1. The first-order valence-electron chi connectivity index (χ1n) is 8.59. The second-order valence-electron chi connectivity index (χ2n) is 6.31. The van der Waals surface area contributed by atoms with Gasteiger partial charge in [0.2, 0.25) is 5.91 Å². The molecule has 2 amide bonds. The molecule has 27 heavy (non-hydrogen) atoms. The smallest absolute Gasteiger partial charge is 0.281 e. The number of carbonyl (C=O) groups excluding carboxylic acids is 2. The maximum Gasteiger partial charge on any atom is 0.281 e. The van der Waals surface area contributed by atoms with E-state index in [0.717, 1.165) is 17.0 Å². The minimum absolute atomic E-state index is 0.0756. The average molecular weight is 367 g/mol. The van der Waals surface area contributed by atoms with Crippen LogP contribution < -0.4 is 5.32 Å². The Kier molecular flexibility index (Phi) is 5.16. The first-order valence-corrected chi connectivity index (χ1v) is 8.59. The average Bonchev–Trinajstić information content (AvgIpc) is 3.24. The van der Waals surface area contributed by atoms with Crippen LogP contribution in [0.25, 0.3) is 0 Å². The minimum Gasteiger partial charge on any atom is -0.467 e. The van der Waals surface area contributed by atoms with Crippen molar-refractivity contribution in [2.24, 2.45) is 9.98 Å². The molecule has 1 aliphatic rings. The third-order valence-corrected chi connectivity index (χ3v) is 4.44. The van der Waals surface area contributed by atoms with Gasteiger partial charge in [-0.3, -0.25) is 9.59 Å². The van der Waals surface area contributed by atoms with E-state index in [0.29, 0.717) is 30.9 Å². The summed E-state index contributed by atoms with van der Waals surface area (Å²) in [5, 5.41) is 7.26. The number of aryl methyl sites for hydroxylation is 1. The van der Waals surface area contributed by atoms with Crippen LogP contribution in [-0.4, -0.2) is 33.3 Å². The summed E-state index contributed by atoms with van der Waals surface area (Å²) in [4.78, 5) is 32.3. The van der Waals surface area contributed by atoms with Crippen LogP contribution in [0.1, 0.15) is 36.1 Å². The maximum absolute atomic E-state index is 12.1. The standard InChI is InChI=1S/C19H21N5O3/c1-11-12(2)21-19(22-18(11)26)24-14(4)16(13(3)23-24)7-8-17(25)20-10-15-6-5-9-27-15/h5-6,9H,1,7-8,10H2,2-4H3,(H,20,25). The van der Waals surface area contributed by atoms with Crippen LogP contribution in [0.5, 0.6) is 0 Å². The summed E-state index contributed by atoms with van der Waals surface area (Å²) in [6.45, 7) is 9.47. The third kappa shape index (κ3) is 3.94. The Morgan fingerprint density at radius 3 is 2.74 bits per heavy atom. The van der Waals surface area contributed by atoms with Gasteiger partial charge in [0.25, 0.3) is 11.9 Å². The summed E-state index contributed by atoms with van der Waals surface area (Å²) in [5.74, 6) is 0.439. The second kappa shape index (κ2) is 7.53. The van der Waals surface area contributed by atoms with Gasteiger partial charge in [-0.25, -0.2) is 9.67 Å². The monoisotopic (exact) mass is 367 g/mol. The molecule has 0 bridgehead atoms. The van der Waals surface area contributed by atoms with Gasteiger partial charge in [0.15, 0.2) is 0 Å². The zero-order valence-corrected chi connectivity index (χ0v) is 15.6. The van der Waals surface area contributed by atoms with E-state index in [1.165, 1.54) is 0 Å². The lowest BCUT2D eigenvalue weighted by Crippen LogP contribution is -2.24. The number of aromatic nitrogens is 2. The molecule has 3 rings (SSSR count). The number of furan rings is 1. The summed E-state index contributed by atoms with van der Waals surface area (Å²) in [5.41, 5.74) is 3.33. The predicted octanol–water partition coefficient (Wildman–Crippen LogP) is 2.10. The van der Waals surface area contributed by atoms with Crippen molar-refractivity contribution in [1.29, 1.82) is 0 Å². The van der Waals surface area contributed by atoms with Gasteiger partial charge >= 0.3 is 0 Å². The summed E-state index contributed by atoms with van der Waals surface area (Å²) in [7, 11) is 0. The van der Waals surface area contributed by atoms with E-state index in [1.54, 1.807) is 23.9 Å². The van der Waals surface area contributed by atoms with Crippen molar-refractivity contribution in [3.63, 3.8) is 0 Å². The van der Waals surface area contributed by atoms with Crippen molar-refractivity contribution in [2.45, 2.75) is 40.2 Å². The lowest BCUT2D eigenvalue weighted by Gasteiger charge is -2.11. The minimum atomic E-state index is -0.413. The van der Waals surface area contributed by atoms with Crippen LogP contribution in [0.4, 0.5) is 0 Å². The topological polar surface area (TPSA) is 102 Å². The Morgan fingerprint density at radius 1 is 1.30 bits per heavy atom. The van der Waals surface area contributed by atoms with Crippen molar-refractivity contribution in [3.05, 3.63) is 53.3 Å². The van der Waals surface area contributed by atoms with Gasteiger partial charge in [-0.1, -0.05) is 6.58 Å². The molecule has 0 aliphatic carbocycles. The first-order chi connectivity index (χ1) is 12.9. The number of carbonyl (C=O) groups is 2. The number of nitrogens with one attached hydrogen (secondary N) is 1. The lowest BCUT2D eigenvalue weighted by molar-refractivity contribution is -0.121. The summed E-state index contributed by atoms with van der Waals surface area (Å²) in [6.07, 6.45) is 2.41. The SMILES string of the molecule is C=C1C(=O)N=C(n2nc(C)c(CCC(=O)NCc3ccco3)c2C)N=C1C. The van der Waals surface area contributed by atoms with Crippen molar-refractivity contribution >= 4 is 23.5 Å².